The number of fused-ring (bicyclic) bond motifs is 1. The van der Waals surface area contributed by atoms with Crippen LogP contribution in [0.15, 0.2) is 24.3 Å². The summed E-state index contributed by atoms with van der Waals surface area (Å²) in [5.74, 6) is -0.601. The fraction of sp³-hybridized carbons (Fsp3) is 0. The molecule has 0 aliphatic carbocycles. The van der Waals surface area contributed by atoms with Gasteiger partial charge in [-0.2, -0.15) is 0 Å². The largest absolute Gasteiger partial charge is 0.288 e. The Bertz CT molecular complexity index is 316. The third-order valence-electron chi connectivity index (χ3n) is 1.64. The van der Waals surface area contributed by atoms with Crippen molar-refractivity contribution in [2.75, 3.05) is 0 Å². The summed E-state index contributed by atoms with van der Waals surface area (Å²) in [6.07, 6.45) is 0. The van der Waals surface area contributed by atoms with Crippen LogP contribution in [0.2, 0.25) is 0 Å². The zero-order valence-electron chi connectivity index (χ0n) is 6.13. The molecule has 1 aliphatic heterocycles. The van der Waals surface area contributed by atoms with Gasteiger partial charge in [-0.15, -0.1) is 0 Å². The third-order valence-corrected chi connectivity index (χ3v) is 1.64. The minimum absolute atomic E-state index is 0. The quantitative estimate of drug-likeness (QED) is 0.672. The summed E-state index contributed by atoms with van der Waals surface area (Å²) < 4.78 is 0. The van der Waals surface area contributed by atoms with Gasteiger partial charge in [-0.05, 0) is 12.1 Å². The van der Waals surface area contributed by atoms with Crippen molar-refractivity contribution in [2.24, 2.45) is 0 Å². The standard InChI is InChI=1S/C8H5NO2.Zr/c10-7-5-3-1-2-4-6(5)8(11)9-7;/h1-4H,(H,9,10,11);. The molecule has 0 unspecified atom stereocenters. The first-order chi connectivity index (χ1) is 5.29. The molecule has 0 spiro atoms. The molecule has 1 N–H and O–H groups in total. The fourth-order valence-corrected chi connectivity index (χ4v) is 1.12. The first-order valence-electron chi connectivity index (χ1n) is 3.24. The molecule has 1 aromatic carbocycles. The number of nitrogens with one attached hydrogen (secondary N) is 1. The van der Waals surface area contributed by atoms with E-state index in [2.05, 4.69) is 5.32 Å². The van der Waals surface area contributed by atoms with Crippen molar-refractivity contribution in [1.29, 1.82) is 0 Å². The topological polar surface area (TPSA) is 46.2 Å². The van der Waals surface area contributed by atoms with Crippen molar-refractivity contribution >= 4 is 11.8 Å². The van der Waals surface area contributed by atoms with Crippen LogP contribution in [0, 0.1) is 0 Å². The predicted molar refractivity (Wildman–Crippen MR) is 38.2 cm³/mol. The number of benzene rings is 1. The van der Waals surface area contributed by atoms with Gasteiger partial charge in [-0.25, -0.2) is 0 Å². The number of carbonyl (C=O) groups excluding carboxylic acids is 2. The van der Waals surface area contributed by atoms with Gasteiger partial charge in [-0.1, -0.05) is 12.1 Å². The minimum Gasteiger partial charge on any atom is -0.288 e. The number of imide groups is 1. The van der Waals surface area contributed by atoms with Gasteiger partial charge in [0.1, 0.15) is 0 Å². The maximum absolute atomic E-state index is 10.9. The Kier molecular flexibility index (Phi) is 2.58. The van der Waals surface area contributed by atoms with Gasteiger partial charge in [0.25, 0.3) is 11.8 Å². The van der Waals surface area contributed by atoms with E-state index in [1.165, 1.54) is 0 Å². The van der Waals surface area contributed by atoms with E-state index in [4.69, 9.17) is 0 Å². The van der Waals surface area contributed by atoms with E-state index >= 15 is 0 Å². The van der Waals surface area contributed by atoms with Gasteiger partial charge in [0.15, 0.2) is 0 Å². The van der Waals surface area contributed by atoms with E-state index in [-0.39, 0.29) is 38.0 Å². The molecule has 4 heteroatoms. The number of carbonyl (C=O) groups is 2. The van der Waals surface area contributed by atoms with Crippen LogP contribution in [-0.4, -0.2) is 11.8 Å². The van der Waals surface area contributed by atoms with Gasteiger partial charge in [0, 0.05) is 26.2 Å². The van der Waals surface area contributed by atoms with E-state index in [1.54, 1.807) is 24.3 Å². The van der Waals surface area contributed by atoms with Gasteiger partial charge in [-0.3, -0.25) is 14.9 Å². The monoisotopic (exact) mass is 237 g/mol. The SMILES string of the molecule is O=C1NC(=O)c2ccccc21.[Zr]. The second kappa shape index (κ2) is 3.32. The van der Waals surface area contributed by atoms with Crippen molar-refractivity contribution in [3.05, 3.63) is 35.4 Å². The molecule has 0 atom stereocenters. The summed E-state index contributed by atoms with van der Waals surface area (Å²) in [6.45, 7) is 0. The molecule has 0 bridgehead atoms. The van der Waals surface area contributed by atoms with Crippen LogP contribution in [0.3, 0.4) is 0 Å². The van der Waals surface area contributed by atoms with Crippen molar-refractivity contribution < 1.29 is 35.8 Å². The van der Waals surface area contributed by atoms with E-state index in [1.807, 2.05) is 0 Å². The van der Waals surface area contributed by atoms with Crippen LogP contribution in [0.5, 0.6) is 0 Å². The van der Waals surface area contributed by atoms with Crippen LogP contribution < -0.4 is 5.32 Å². The summed E-state index contributed by atoms with van der Waals surface area (Å²) in [6, 6.07) is 6.74. The van der Waals surface area contributed by atoms with Crippen LogP contribution in [0.25, 0.3) is 0 Å². The average Bonchev–Trinajstić information content (AvgIpc) is 2.30. The van der Waals surface area contributed by atoms with E-state index in [9.17, 15) is 9.59 Å². The van der Waals surface area contributed by atoms with Crippen molar-refractivity contribution in [2.45, 2.75) is 0 Å². The Hall–Kier alpha value is -0.757. The van der Waals surface area contributed by atoms with E-state index in [0.29, 0.717) is 11.1 Å². The Morgan fingerprint density at radius 2 is 1.33 bits per heavy atom. The van der Waals surface area contributed by atoms with Crippen molar-refractivity contribution in [3.8, 4) is 0 Å². The van der Waals surface area contributed by atoms with Crippen LogP contribution >= 0.6 is 0 Å². The molecule has 1 aromatic rings. The smallest absolute Gasteiger partial charge is 0.258 e. The summed E-state index contributed by atoms with van der Waals surface area (Å²) in [5, 5.41) is 2.20. The average molecular weight is 238 g/mol. The fourth-order valence-electron chi connectivity index (χ4n) is 1.12. The number of rotatable bonds is 0. The van der Waals surface area contributed by atoms with Gasteiger partial charge < -0.3 is 0 Å². The maximum atomic E-state index is 10.9. The first-order valence-corrected chi connectivity index (χ1v) is 3.24. The maximum Gasteiger partial charge on any atom is 0.258 e. The minimum atomic E-state index is -0.300. The van der Waals surface area contributed by atoms with Gasteiger partial charge >= 0.3 is 0 Å². The van der Waals surface area contributed by atoms with Crippen LogP contribution in [-0.2, 0) is 26.2 Å². The second-order valence-corrected chi connectivity index (χ2v) is 2.33. The molecule has 12 heavy (non-hydrogen) atoms. The molecular formula is C8H5NO2Zr. The molecule has 1 aliphatic rings. The number of hydrogen-bond acceptors (Lipinski definition) is 2. The second-order valence-electron chi connectivity index (χ2n) is 2.33. The molecule has 2 rings (SSSR count). The number of hydrogen-bond donors (Lipinski definition) is 1. The van der Waals surface area contributed by atoms with Crippen LogP contribution in [0.1, 0.15) is 20.7 Å². The van der Waals surface area contributed by atoms with Crippen molar-refractivity contribution in [3.63, 3.8) is 0 Å². The summed E-state index contributed by atoms with van der Waals surface area (Å²) in [5.41, 5.74) is 0.940. The Morgan fingerprint density at radius 3 is 1.75 bits per heavy atom. The summed E-state index contributed by atoms with van der Waals surface area (Å²) in [7, 11) is 0. The van der Waals surface area contributed by atoms with Gasteiger partial charge in [0.05, 0.1) is 11.1 Å². The Morgan fingerprint density at radius 1 is 0.917 bits per heavy atom. The number of amides is 2. The van der Waals surface area contributed by atoms with E-state index < -0.39 is 0 Å². The van der Waals surface area contributed by atoms with Crippen LogP contribution in [0.4, 0.5) is 0 Å². The molecule has 0 saturated heterocycles. The Balaban J connectivity index is 0.000000720. The molecule has 1 heterocycles. The van der Waals surface area contributed by atoms with Gasteiger partial charge in [0.2, 0.25) is 0 Å². The molecular weight excluding hydrogens is 233 g/mol. The molecule has 0 fully saturated rings. The predicted octanol–water partition coefficient (Wildman–Crippen LogP) is 0.568. The first kappa shape index (κ1) is 9.33. The van der Waals surface area contributed by atoms with Crippen molar-refractivity contribution in [1.82, 2.24) is 5.32 Å². The molecule has 58 valence electrons. The molecule has 0 radical (unpaired) electrons. The normalized spacial score (nSPS) is 13.3. The molecule has 2 amide bonds. The third kappa shape index (κ3) is 1.27. The van der Waals surface area contributed by atoms with E-state index in [0.717, 1.165) is 0 Å². The summed E-state index contributed by atoms with van der Waals surface area (Å²) >= 11 is 0. The zero-order chi connectivity index (χ0) is 7.84. The molecule has 0 saturated carbocycles. The summed E-state index contributed by atoms with van der Waals surface area (Å²) in [4.78, 5) is 21.9. The molecule has 3 nitrogen and oxygen atoms in total. The Labute approximate surface area is 88.3 Å². The molecule has 0 aromatic heterocycles. The zero-order valence-corrected chi connectivity index (χ0v) is 8.58.